The largest absolute Gasteiger partial charge is 0.489 e. The summed E-state index contributed by atoms with van der Waals surface area (Å²) in [6, 6.07) is 20.1. The minimum absolute atomic E-state index is 0.0514. The Morgan fingerprint density at radius 3 is 2.18 bits per heavy atom. The number of rotatable bonds is 6. The van der Waals surface area contributed by atoms with Gasteiger partial charge in [-0.05, 0) is 96.7 Å². The van der Waals surface area contributed by atoms with Crippen LogP contribution in [0.15, 0.2) is 66.7 Å². The molecule has 0 bridgehead atoms. The normalized spacial score (nSPS) is 24.4. The van der Waals surface area contributed by atoms with Crippen molar-refractivity contribution in [3.63, 3.8) is 0 Å². The number of ether oxygens (including phenoxy) is 1. The van der Waals surface area contributed by atoms with Gasteiger partial charge in [-0.3, -0.25) is 0 Å². The van der Waals surface area contributed by atoms with Crippen LogP contribution in [0.25, 0.3) is 11.1 Å². The van der Waals surface area contributed by atoms with Gasteiger partial charge in [0.05, 0.1) is 5.56 Å². The van der Waals surface area contributed by atoms with Crippen molar-refractivity contribution < 1.29 is 13.5 Å². The number of halogens is 2. The standard InChI is InChI=1S/C31H34F2O/c1-2-21-8-9-25-17-26(11-10-24(25)16-21)27-18-29(32)31(30(33)19-27)23-12-14-28(15-13-23)34-20-22-6-4-3-5-7-22/h3-7,12-15,18-19,21,24-26H,2,8-11,16-17,20H2,1H3. The molecule has 5 rings (SSSR count). The fourth-order valence-corrected chi connectivity index (χ4v) is 6.22. The second-order valence-corrected chi connectivity index (χ2v) is 10.3. The van der Waals surface area contributed by atoms with Crippen molar-refractivity contribution in [2.45, 2.75) is 64.4 Å². The average molecular weight is 461 g/mol. The third kappa shape index (κ3) is 5.04. The van der Waals surface area contributed by atoms with E-state index in [0.717, 1.165) is 41.7 Å². The molecule has 0 aromatic heterocycles. The molecule has 0 spiro atoms. The van der Waals surface area contributed by atoms with E-state index in [-0.39, 0.29) is 11.5 Å². The molecule has 4 unspecified atom stereocenters. The molecule has 178 valence electrons. The Balaban J connectivity index is 1.27. The Hall–Kier alpha value is -2.68. The summed E-state index contributed by atoms with van der Waals surface area (Å²) in [4.78, 5) is 0. The highest BCUT2D eigenvalue weighted by Crippen LogP contribution is 2.48. The van der Waals surface area contributed by atoms with Crippen molar-refractivity contribution in [3.8, 4) is 16.9 Å². The van der Waals surface area contributed by atoms with E-state index in [2.05, 4.69) is 6.92 Å². The molecular weight excluding hydrogens is 426 g/mol. The van der Waals surface area contributed by atoms with Gasteiger partial charge in [-0.15, -0.1) is 0 Å². The second-order valence-electron chi connectivity index (χ2n) is 10.3. The maximum Gasteiger partial charge on any atom is 0.134 e. The molecule has 0 aliphatic heterocycles. The molecule has 3 aromatic rings. The van der Waals surface area contributed by atoms with Gasteiger partial charge in [-0.25, -0.2) is 8.78 Å². The van der Waals surface area contributed by atoms with E-state index in [1.807, 2.05) is 30.3 Å². The molecule has 4 atom stereocenters. The summed E-state index contributed by atoms with van der Waals surface area (Å²) in [5, 5.41) is 0. The molecule has 1 nitrogen and oxygen atoms in total. The lowest BCUT2D eigenvalue weighted by atomic mass is 9.63. The Labute approximate surface area is 202 Å². The molecule has 2 aliphatic rings. The molecule has 3 aromatic carbocycles. The average Bonchev–Trinajstić information content (AvgIpc) is 2.87. The van der Waals surface area contributed by atoms with E-state index in [1.54, 1.807) is 36.4 Å². The van der Waals surface area contributed by atoms with E-state index >= 15 is 8.78 Å². The van der Waals surface area contributed by atoms with E-state index in [9.17, 15) is 0 Å². The molecule has 2 fully saturated rings. The molecule has 0 heterocycles. The fourth-order valence-electron chi connectivity index (χ4n) is 6.22. The highest BCUT2D eigenvalue weighted by atomic mass is 19.1. The molecule has 34 heavy (non-hydrogen) atoms. The topological polar surface area (TPSA) is 9.23 Å². The minimum Gasteiger partial charge on any atom is -0.489 e. The number of hydrogen-bond acceptors (Lipinski definition) is 1. The Bertz CT molecular complexity index is 1070. The van der Waals surface area contributed by atoms with Crippen LogP contribution in [0.5, 0.6) is 5.75 Å². The zero-order chi connectivity index (χ0) is 23.5. The number of benzene rings is 3. The molecule has 0 N–H and O–H groups in total. The maximum atomic E-state index is 15.2. The van der Waals surface area contributed by atoms with E-state index in [0.29, 0.717) is 17.9 Å². The SMILES string of the molecule is CCC1CCC2CC(c3cc(F)c(-c4ccc(OCc5ccccc5)cc4)c(F)c3)CCC2C1. The Morgan fingerprint density at radius 2 is 1.47 bits per heavy atom. The quantitative estimate of drug-likeness (QED) is 0.357. The second kappa shape index (κ2) is 10.3. The zero-order valence-electron chi connectivity index (χ0n) is 20.0. The van der Waals surface area contributed by atoms with Gasteiger partial charge in [-0.2, -0.15) is 0 Å². The lowest BCUT2D eigenvalue weighted by Crippen LogP contribution is -2.30. The highest BCUT2D eigenvalue weighted by Gasteiger charge is 2.35. The van der Waals surface area contributed by atoms with Crippen LogP contribution in [0, 0.1) is 29.4 Å². The highest BCUT2D eigenvalue weighted by molar-refractivity contribution is 5.66. The molecular formula is C31H34F2O. The van der Waals surface area contributed by atoms with E-state index in [1.165, 1.54) is 32.1 Å². The van der Waals surface area contributed by atoms with Gasteiger partial charge >= 0.3 is 0 Å². The first-order chi connectivity index (χ1) is 16.6. The lowest BCUT2D eigenvalue weighted by molar-refractivity contribution is 0.116. The van der Waals surface area contributed by atoms with Crippen LogP contribution in [0.2, 0.25) is 0 Å². The fraction of sp³-hybridized carbons (Fsp3) is 0.419. The van der Waals surface area contributed by atoms with Gasteiger partial charge in [0.15, 0.2) is 0 Å². The molecule has 2 saturated carbocycles. The van der Waals surface area contributed by atoms with Crippen molar-refractivity contribution in [2.24, 2.45) is 17.8 Å². The first-order valence-corrected chi connectivity index (χ1v) is 12.9. The third-order valence-electron chi connectivity index (χ3n) is 8.23. The summed E-state index contributed by atoms with van der Waals surface area (Å²) in [5.41, 5.74) is 2.50. The molecule has 0 radical (unpaired) electrons. The predicted octanol–water partition coefficient (Wildman–Crippen LogP) is 8.92. The zero-order valence-corrected chi connectivity index (χ0v) is 20.0. The van der Waals surface area contributed by atoms with Crippen LogP contribution in [-0.4, -0.2) is 0 Å². The molecule has 3 heteroatoms. The number of hydrogen-bond donors (Lipinski definition) is 0. The van der Waals surface area contributed by atoms with Crippen LogP contribution in [0.1, 0.15) is 68.9 Å². The van der Waals surface area contributed by atoms with Gasteiger partial charge in [0.1, 0.15) is 24.0 Å². The summed E-state index contributed by atoms with van der Waals surface area (Å²) in [7, 11) is 0. The molecule has 0 amide bonds. The summed E-state index contributed by atoms with van der Waals surface area (Å²) < 4.78 is 36.2. The lowest BCUT2D eigenvalue weighted by Gasteiger charge is -2.42. The minimum atomic E-state index is -0.468. The number of fused-ring (bicyclic) bond motifs is 1. The van der Waals surface area contributed by atoms with Gasteiger partial charge < -0.3 is 4.74 Å². The summed E-state index contributed by atoms with van der Waals surface area (Å²) >= 11 is 0. The van der Waals surface area contributed by atoms with Crippen molar-refractivity contribution >= 4 is 0 Å². The Kier molecular flexibility index (Phi) is 6.99. The third-order valence-corrected chi connectivity index (χ3v) is 8.23. The van der Waals surface area contributed by atoms with Gasteiger partial charge in [0.25, 0.3) is 0 Å². The van der Waals surface area contributed by atoms with Crippen LogP contribution in [-0.2, 0) is 6.61 Å². The van der Waals surface area contributed by atoms with Crippen molar-refractivity contribution in [3.05, 3.63) is 89.5 Å². The first kappa shape index (κ1) is 23.1. The first-order valence-electron chi connectivity index (χ1n) is 12.9. The van der Waals surface area contributed by atoms with Crippen molar-refractivity contribution in [1.82, 2.24) is 0 Å². The summed E-state index contributed by atoms with van der Waals surface area (Å²) in [5.74, 6) is 2.42. The molecule has 0 saturated heterocycles. The van der Waals surface area contributed by atoms with Crippen LogP contribution >= 0.6 is 0 Å². The summed E-state index contributed by atoms with van der Waals surface area (Å²) in [6.07, 6.45) is 8.54. The van der Waals surface area contributed by atoms with Crippen LogP contribution in [0.4, 0.5) is 8.78 Å². The monoisotopic (exact) mass is 460 g/mol. The van der Waals surface area contributed by atoms with E-state index < -0.39 is 11.6 Å². The van der Waals surface area contributed by atoms with Crippen LogP contribution < -0.4 is 4.74 Å². The maximum absolute atomic E-state index is 15.2. The smallest absolute Gasteiger partial charge is 0.134 e. The molecule has 2 aliphatic carbocycles. The predicted molar refractivity (Wildman–Crippen MR) is 134 cm³/mol. The summed E-state index contributed by atoms with van der Waals surface area (Å²) in [6.45, 7) is 2.76. The van der Waals surface area contributed by atoms with Crippen LogP contribution in [0.3, 0.4) is 0 Å². The van der Waals surface area contributed by atoms with Crippen molar-refractivity contribution in [2.75, 3.05) is 0 Å². The van der Waals surface area contributed by atoms with Gasteiger partial charge in [0.2, 0.25) is 0 Å². The van der Waals surface area contributed by atoms with Crippen molar-refractivity contribution in [1.29, 1.82) is 0 Å². The van der Waals surface area contributed by atoms with Gasteiger partial charge in [0, 0.05) is 0 Å². The van der Waals surface area contributed by atoms with E-state index in [4.69, 9.17) is 4.74 Å². The van der Waals surface area contributed by atoms with Gasteiger partial charge in [-0.1, -0.05) is 62.2 Å². The Morgan fingerprint density at radius 1 is 0.794 bits per heavy atom.